The average Bonchev–Trinajstić information content (AvgIpc) is 2.58. The van der Waals surface area contributed by atoms with Crippen molar-refractivity contribution < 1.29 is 0 Å². The van der Waals surface area contributed by atoms with Crippen LogP contribution in [-0.4, -0.2) is 25.8 Å². The van der Waals surface area contributed by atoms with Crippen molar-refractivity contribution in [3.8, 4) is 0 Å². The molecule has 2 nitrogen and oxygen atoms in total. The second kappa shape index (κ2) is 8.74. The number of nitrogens with zero attached hydrogens (tertiary/aromatic N) is 1. The van der Waals surface area contributed by atoms with Gasteiger partial charge in [-0.25, -0.2) is 0 Å². The number of hydrogen-bond acceptors (Lipinski definition) is 2. The fourth-order valence-corrected chi connectivity index (χ4v) is 2.58. The van der Waals surface area contributed by atoms with Gasteiger partial charge in [0.05, 0.1) is 0 Å². The van der Waals surface area contributed by atoms with Crippen LogP contribution in [0.2, 0.25) is 0 Å². The molecule has 1 atom stereocenters. The molecule has 1 aliphatic heterocycles. The molecule has 0 bridgehead atoms. The zero-order valence-electron chi connectivity index (χ0n) is 11.1. The summed E-state index contributed by atoms with van der Waals surface area (Å²) in [4.78, 5) is 4.54. The molecule has 0 aromatic rings. The number of nitrogens with one attached hydrogen (secondary N) is 1. The highest BCUT2D eigenvalue weighted by Crippen LogP contribution is 2.19. The Balaban J connectivity index is 2.28. The van der Waals surface area contributed by atoms with Gasteiger partial charge in [-0.05, 0) is 51.1 Å². The second-order valence-electron chi connectivity index (χ2n) is 4.90. The van der Waals surface area contributed by atoms with Gasteiger partial charge in [0.15, 0.2) is 0 Å². The maximum Gasteiger partial charge on any atom is 0.0276 e. The van der Waals surface area contributed by atoms with Crippen LogP contribution >= 0.6 is 0 Å². The zero-order chi connectivity index (χ0) is 11.6. The van der Waals surface area contributed by atoms with E-state index in [1.165, 1.54) is 70.2 Å². The van der Waals surface area contributed by atoms with Crippen LogP contribution in [0.3, 0.4) is 0 Å². The summed E-state index contributed by atoms with van der Waals surface area (Å²) in [5, 5.41) is 3.48. The Kier molecular flexibility index (Phi) is 7.48. The van der Waals surface area contributed by atoms with Crippen LogP contribution in [-0.2, 0) is 0 Å². The van der Waals surface area contributed by atoms with E-state index in [9.17, 15) is 0 Å². The summed E-state index contributed by atoms with van der Waals surface area (Å²) in [5.74, 6) is 0.765. The van der Waals surface area contributed by atoms with Crippen LogP contribution in [0.25, 0.3) is 0 Å². The summed E-state index contributed by atoms with van der Waals surface area (Å²) in [6, 6.07) is 0. The first-order valence-electron chi connectivity index (χ1n) is 7.04. The van der Waals surface area contributed by atoms with Crippen molar-refractivity contribution in [1.29, 1.82) is 0 Å². The largest absolute Gasteiger partial charge is 0.317 e. The van der Waals surface area contributed by atoms with E-state index in [2.05, 4.69) is 17.2 Å². The minimum absolute atomic E-state index is 0.765. The normalized spacial score (nSPS) is 23.1. The quantitative estimate of drug-likeness (QED) is 0.542. The summed E-state index contributed by atoms with van der Waals surface area (Å²) in [6.45, 7) is 4.65. The van der Waals surface area contributed by atoms with Gasteiger partial charge >= 0.3 is 0 Å². The van der Waals surface area contributed by atoms with Crippen LogP contribution in [0.15, 0.2) is 4.99 Å². The lowest BCUT2D eigenvalue weighted by Gasteiger charge is -2.16. The Morgan fingerprint density at radius 1 is 1.19 bits per heavy atom. The van der Waals surface area contributed by atoms with Crippen molar-refractivity contribution in [2.24, 2.45) is 10.9 Å². The monoisotopic (exact) mass is 224 g/mol. The first kappa shape index (κ1) is 13.7. The van der Waals surface area contributed by atoms with E-state index in [4.69, 9.17) is 0 Å². The highest BCUT2D eigenvalue weighted by atomic mass is 14.9. The number of hydrogen-bond donors (Lipinski definition) is 1. The number of aliphatic imine (C=N–C) groups is 1. The highest BCUT2D eigenvalue weighted by molar-refractivity contribution is 5.86. The third-order valence-electron chi connectivity index (χ3n) is 3.62. The molecule has 1 fully saturated rings. The predicted molar refractivity (Wildman–Crippen MR) is 72.3 cm³/mol. The summed E-state index contributed by atoms with van der Waals surface area (Å²) >= 11 is 0. The van der Waals surface area contributed by atoms with Crippen molar-refractivity contribution in [3.63, 3.8) is 0 Å². The summed E-state index contributed by atoms with van der Waals surface area (Å²) in [6.07, 6.45) is 10.6. The molecule has 1 aliphatic rings. The van der Waals surface area contributed by atoms with Crippen LogP contribution in [0, 0.1) is 5.92 Å². The molecule has 0 saturated carbocycles. The Bertz CT molecular complexity index is 191. The van der Waals surface area contributed by atoms with Crippen LogP contribution in [0.1, 0.15) is 58.3 Å². The molecular weight excluding hydrogens is 196 g/mol. The molecule has 1 rings (SSSR count). The molecule has 16 heavy (non-hydrogen) atoms. The standard InChI is InChI=1S/C14H28N2/c1-3-4-5-6-9-14(15-2)13-8-7-11-16-12-10-13/h13,16H,3-12H2,1-2H3. The average molecular weight is 224 g/mol. The van der Waals surface area contributed by atoms with Gasteiger partial charge in [-0.3, -0.25) is 4.99 Å². The van der Waals surface area contributed by atoms with Crippen molar-refractivity contribution in [2.75, 3.05) is 20.1 Å². The molecule has 2 heteroatoms. The minimum atomic E-state index is 0.765. The molecule has 1 saturated heterocycles. The van der Waals surface area contributed by atoms with Crippen LogP contribution in [0.5, 0.6) is 0 Å². The maximum absolute atomic E-state index is 4.54. The van der Waals surface area contributed by atoms with Gasteiger partial charge < -0.3 is 5.32 Å². The van der Waals surface area contributed by atoms with E-state index in [0.29, 0.717) is 0 Å². The van der Waals surface area contributed by atoms with Gasteiger partial charge in [0, 0.05) is 12.8 Å². The lowest BCUT2D eigenvalue weighted by molar-refractivity contribution is 0.586. The Labute approximate surface area is 101 Å². The summed E-state index contributed by atoms with van der Waals surface area (Å²) in [5.41, 5.74) is 1.49. The smallest absolute Gasteiger partial charge is 0.0276 e. The fraction of sp³-hybridized carbons (Fsp3) is 0.929. The topological polar surface area (TPSA) is 24.4 Å². The molecule has 0 aromatic heterocycles. The predicted octanol–water partition coefficient (Wildman–Crippen LogP) is 3.42. The third-order valence-corrected chi connectivity index (χ3v) is 3.62. The van der Waals surface area contributed by atoms with Crippen LogP contribution in [0.4, 0.5) is 0 Å². The molecule has 1 heterocycles. The molecule has 0 spiro atoms. The lowest BCUT2D eigenvalue weighted by Crippen LogP contribution is -2.18. The molecule has 0 radical (unpaired) electrons. The molecule has 1 unspecified atom stereocenters. The third kappa shape index (κ3) is 5.11. The first-order valence-corrected chi connectivity index (χ1v) is 7.04. The van der Waals surface area contributed by atoms with Crippen LogP contribution < -0.4 is 5.32 Å². The molecule has 0 aromatic carbocycles. The van der Waals surface area contributed by atoms with E-state index in [1.54, 1.807) is 0 Å². The Morgan fingerprint density at radius 2 is 2.06 bits per heavy atom. The van der Waals surface area contributed by atoms with Gasteiger partial charge in [0.1, 0.15) is 0 Å². The van der Waals surface area contributed by atoms with Crippen molar-refractivity contribution in [3.05, 3.63) is 0 Å². The Morgan fingerprint density at radius 3 is 2.81 bits per heavy atom. The highest BCUT2D eigenvalue weighted by Gasteiger charge is 2.16. The number of rotatable bonds is 6. The van der Waals surface area contributed by atoms with Crippen molar-refractivity contribution in [1.82, 2.24) is 5.32 Å². The molecular formula is C14H28N2. The second-order valence-corrected chi connectivity index (χ2v) is 4.90. The van der Waals surface area contributed by atoms with Crippen molar-refractivity contribution >= 4 is 5.71 Å². The zero-order valence-corrected chi connectivity index (χ0v) is 11.1. The van der Waals surface area contributed by atoms with Crippen molar-refractivity contribution in [2.45, 2.75) is 58.3 Å². The maximum atomic E-state index is 4.54. The van der Waals surface area contributed by atoms with Gasteiger partial charge in [0.25, 0.3) is 0 Å². The summed E-state index contributed by atoms with van der Waals surface area (Å²) in [7, 11) is 1.98. The molecule has 0 amide bonds. The van der Waals surface area contributed by atoms with E-state index < -0.39 is 0 Å². The molecule has 94 valence electrons. The minimum Gasteiger partial charge on any atom is -0.317 e. The molecule has 0 aliphatic carbocycles. The summed E-state index contributed by atoms with van der Waals surface area (Å²) < 4.78 is 0. The lowest BCUT2D eigenvalue weighted by atomic mass is 9.91. The van der Waals surface area contributed by atoms with Gasteiger partial charge in [0.2, 0.25) is 0 Å². The van der Waals surface area contributed by atoms with E-state index >= 15 is 0 Å². The number of unbranched alkanes of at least 4 members (excludes halogenated alkanes) is 3. The fourth-order valence-electron chi connectivity index (χ4n) is 2.58. The molecule has 1 N–H and O–H groups in total. The van der Waals surface area contributed by atoms with Gasteiger partial charge in [-0.2, -0.15) is 0 Å². The van der Waals surface area contributed by atoms with E-state index in [-0.39, 0.29) is 0 Å². The SMILES string of the molecule is CCCCCCC(=NC)C1CCCNCC1. The van der Waals surface area contributed by atoms with Gasteiger partial charge in [-0.1, -0.05) is 26.2 Å². The van der Waals surface area contributed by atoms with Gasteiger partial charge in [-0.15, -0.1) is 0 Å². The van der Waals surface area contributed by atoms with E-state index in [0.717, 1.165) is 5.92 Å². The van der Waals surface area contributed by atoms with E-state index in [1.807, 2.05) is 7.05 Å². The first-order chi connectivity index (χ1) is 7.88. The Hall–Kier alpha value is -0.370.